The molecular weight excluding hydrogens is 310 g/mol. The van der Waals surface area contributed by atoms with Gasteiger partial charge in [0, 0.05) is 17.3 Å². The number of nitrogens with one attached hydrogen (secondary N) is 1. The van der Waals surface area contributed by atoms with E-state index < -0.39 is 11.4 Å². The Morgan fingerprint density at radius 1 is 1.25 bits per heavy atom. The van der Waals surface area contributed by atoms with Gasteiger partial charge in [-0.05, 0) is 17.7 Å². The summed E-state index contributed by atoms with van der Waals surface area (Å²) in [6.07, 6.45) is 0. The van der Waals surface area contributed by atoms with Crippen molar-refractivity contribution in [3.05, 3.63) is 53.6 Å². The molecule has 0 fully saturated rings. The van der Waals surface area contributed by atoms with E-state index in [0.29, 0.717) is 11.5 Å². The third kappa shape index (κ3) is 1.96. The highest BCUT2D eigenvalue weighted by Gasteiger charge is 2.53. The van der Waals surface area contributed by atoms with Crippen LogP contribution in [0.25, 0.3) is 0 Å². The lowest BCUT2D eigenvalue weighted by Crippen LogP contribution is -2.37. The van der Waals surface area contributed by atoms with Crippen molar-refractivity contribution < 1.29 is 23.8 Å². The van der Waals surface area contributed by atoms with Crippen LogP contribution in [0.15, 0.2) is 42.5 Å². The molecule has 2 aliphatic heterocycles. The van der Waals surface area contributed by atoms with Crippen molar-refractivity contribution in [2.45, 2.75) is 5.41 Å². The summed E-state index contributed by atoms with van der Waals surface area (Å²) in [6.45, 7) is 0.0649. The first-order chi connectivity index (χ1) is 11.6. The number of amides is 1. The number of anilines is 1. The van der Waals surface area contributed by atoms with E-state index in [-0.39, 0.29) is 19.1 Å². The number of ether oxygens (including phenoxy) is 3. The molecule has 1 amide bonds. The summed E-state index contributed by atoms with van der Waals surface area (Å²) in [5.74, 6) is 0.523. The minimum atomic E-state index is -0.827. The lowest BCUT2D eigenvalue weighted by molar-refractivity contribution is -0.142. The number of fused-ring (bicyclic) bond motifs is 4. The predicted octanol–water partition coefficient (Wildman–Crippen LogP) is 1.87. The normalized spacial score (nSPS) is 20.1. The van der Waals surface area contributed by atoms with Crippen LogP contribution in [0.1, 0.15) is 11.1 Å². The average molecular weight is 325 g/mol. The van der Waals surface area contributed by atoms with Crippen LogP contribution in [0, 0.1) is 0 Å². The first-order valence-corrected chi connectivity index (χ1v) is 7.53. The Kier molecular flexibility index (Phi) is 3.19. The summed E-state index contributed by atoms with van der Waals surface area (Å²) < 4.78 is 15.7. The van der Waals surface area contributed by atoms with Gasteiger partial charge in [0.2, 0.25) is 5.91 Å². The summed E-state index contributed by atoms with van der Waals surface area (Å²) in [4.78, 5) is 23.8. The molecule has 2 aliphatic rings. The molecule has 0 saturated carbocycles. The minimum Gasteiger partial charge on any atom is -0.491 e. The molecule has 0 aromatic heterocycles. The zero-order valence-electron chi connectivity index (χ0n) is 13.0. The Bertz CT molecular complexity index is 847. The van der Waals surface area contributed by atoms with Gasteiger partial charge in [-0.1, -0.05) is 24.3 Å². The monoisotopic (exact) mass is 325 g/mol. The number of rotatable bonds is 3. The Morgan fingerprint density at radius 3 is 2.92 bits per heavy atom. The van der Waals surface area contributed by atoms with E-state index in [9.17, 15) is 9.59 Å². The maximum Gasteiger partial charge on any atom is 0.343 e. The number of carbonyl (C=O) groups excluding carboxylic acids is 2. The summed E-state index contributed by atoms with van der Waals surface area (Å²) in [7, 11) is 1.30. The lowest BCUT2D eigenvalue weighted by atomic mass is 9.77. The third-order valence-electron chi connectivity index (χ3n) is 4.46. The molecule has 6 heteroatoms. The van der Waals surface area contributed by atoms with Gasteiger partial charge in [0.05, 0.1) is 7.11 Å². The summed E-state index contributed by atoms with van der Waals surface area (Å²) in [5.41, 5.74) is 1.70. The Labute approximate surface area is 138 Å². The predicted molar refractivity (Wildman–Crippen MR) is 85.3 cm³/mol. The Morgan fingerprint density at radius 2 is 2.08 bits per heavy atom. The van der Waals surface area contributed by atoms with Crippen LogP contribution in [0.5, 0.6) is 11.5 Å². The molecule has 122 valence electrons. The van der Waals surface area contributed by atoms with E-state index in [1.54, 1.807) is 12.1 Å². The molecule has 0 bridgehead atoms. The van der Waals surface area contributed by atoms with Crippen LogP contribution in [0.2, 0.25) is 0 Å². The van der Waals surface area contributed by atoms with Gasteiger partial charge in [-0.3, -0.25) is 4.79 Å². The first kappa shape index (κ1) is 14.6. The van der Waals surface area contributed by atoms with Gasteiger partial charge in [0.25, 0.3) is 0 Å². The molecule has 1 atom stereocenters. The zero-order chi connectivity index (χ0) is 16.7. The number of esters is 1. The molecule has 1 N–H and O–H groups in total. The molecule has 1 spiro atoms. The quantitative estimate of drug-likeness (QED) is 0.872. The molecule has 2 aromatic carbocycles. The van der Waals surface area contributed by atoms with Gasteiger partial charge in [0.1, 0.15) is 23.5 Å². The number of carbonyl (C=O) groups is 2. The molecule has 0 radical (unpaired) electrons. The van der Waals surface area contributed by atoms with Gasteiger partial charge >= 0.3 is 5.97 Å². The van der Waals surface area contributed by atoms with Crippen LogP contribution in [-0.2, 0) is 19.7 Å². The summed E-state index contributed by atoms with van der Waals surface area (Å²) in [5, 5.41) is 2.92. The number of benzene rings is 2. The van der Waals surface area contributed by atoms with Gasteiger partial charge < -0.3 is 19.5 Å². The van der Waals surface area contributed by atoms with Crippen molar-refractivity contribution in [1.29, 1.82) is 0 Å². The SMILES string of the molecule is COC(=O)COc1ccc2c(c1)OCC21C(=O)Nc2ccccc21. The molecule has 24 heavy (non-hydrogen) atoms. The largest absolute Gasteiger partial charge is 0.491 e. The van der Waals surface area contributed by atoms with Crippen molar-refractivity contribution in [3.63, 3.8) is 0 Å². The van der Waals surface area contributed by atoms with E-state index in [1.807, 2.05) is 30.3 Å². The molecular formula is C18H15NO5. The molecule has 2 aromatic rings. The van der Waals surface area contributed by atoms with Crippen LogP contribution in [0.3, 0.4) is 0 Å². The fourth-order valence-electron chi connectivity index (χ4n) is 3.26. The number of hydrogen-bond acceptors (Lipinski definition) is 5. The van der Waals surface area contributed by atoms with Gasteiger partial charge in [-0.2, -0.15) is 0 Å². The Hall–Kier alpha value is -3.02. The first-order valence-electron chi connectivity index (χ1n) is 7.53. The van der Waals surface area contributed by atoms with Crippen molar-refractivity contribution in [2.75, 3.05) is 25.6 Å². The van der Waals surface area contributed by atoms with Crippen LogP contribution >= 0.6 is 0 Å². The maximum absolute atomic E-state index is 12.7. The fourth-order valence-corrected chi connectivity index (χ4v) is 3.26. The highest BCUT2D eigenvalue weighted by atomic mass is 16.6. The smallest absolute Gasteiger partial charge is 0.343 e. The molecule has 4 rings (SSSR count). The zero-order valence-corrected chi connectivity index (χ0v) is 13.0. The number of para-hydroxylation sites is 1. The van der Waals surface area contributed by atoms with Crippen molar-refractivity contribution in [2.24, 2.45) is 0 Å². The van der Waals surface area contributed by atoms with Gasteiger partial charge in [-0.25, -0.2) is 4.79 Å². The second-order valence-corrected chi connectivity index (χ2v) is 5.72. The maximum atomic E-state index is 12.7. The number of methoxy groups -OCH3 is 1. The average Bonchev–Trinajstić information content (AvgIpc) is 3.12. The van der Waals surface area contributed by atoms with E-state index in [2.05, 4.69) is 10.1 Å². The summed E-state index contributed by atoms with van der Waals surface area (Å²) >= 11 is 0. The van der Waals surface area contributed by atoms with Gasteiger partial charge in [-0.15, -0.1) is 0 Å². The Balaban J connectivity index is 1.70. The highest BCUT2D eigenvalue weighted by molar-refractivity contribution is 6.09. The number of hydrogen-bond donors (Lipinski definition) is 1. The standard InChI is InChI=1S/C18H15NO5/c1-22-16(20)9-23-11-6-7-13-15(8-11)24-10-18(13)12-4-2-3-5-14(12)19-17(18)21/h2-8H,9-10H2,1H3,(H,19,21). The van der Waals surface area contributed by atoms with Crippen LogP contribution in [0.4, 0.5) is 5.69 Å². The van der Waals surface area contributed by atoms with Crippen molar-refractivity contribution >= 4 is 17.6 Å². The van der Waals surface area contributed by atoms with Gasteiger partial charge in [0.15, 0.2) is 6.61 Å². The molecule has 0 saturated heterocycles. The summed E-state index contributed by atoms with van der Waals surface area (Å²) in [6, 6.07) is 12.9. The van der Waals surface area contributed by atoms with Crippen molar-refractivity contribution in [1.82, 2.24) is 0 Å². The fraction of sp³-hybridized carbons (Fsp3) is 0.222. The second kappa shape index (κ2) is 5.26. The van der Waals surface area contributed by atoms with Crippen molar-refractivity contribution in [3.8, 4) is 11.5 Å². The van der Waals surface area contributed by atoms with E-state index in [0.717, 1.165) is 16.8 Å². The third-order valence-corrected chi connectivity index (χ3v) is 4.46. The molecule has 0 aliphatic carbocycles. The van der Waals surface area contributed by atoms with E-state index in [4.69, 9.17) is 9.47 Å². The van der Waals surface area contributed by atoms with E-state index in [1.165, 1.54) is 7.11 Å². The second-order valence-electron chi connectivity index (χ2n) is 5.72. The minimum absolute atomic E-state index is 0.0920. The van der Waals surface area contributed by atoms with Crippen LogP contribution < -0.4 is 14.8 Å². The molecule has 1 unspecified atom stereocenters. The molecule has 2 heterocycles. The van der Waals surface area contributed by atoms with E-state index >= 15 is 0 Å². The topological polar surface area (TPSA) is 73.9 Å². The highest BCUT2D eigenvalue weighted by Crippen LogP contribution is 2.50. The van der Waals surface area contributed by atoms with Crippen LogP contribution in [-0.4, -0.2) is 32.2 Å². The molecule has 6 nitrogen and oxygen atoms in total. The lowest BCUT2D eigenvalue weighted by Gasteiger charge is -2.20.